The Hall–Kier alpha value is -2.53. The molecule has 26 heavy (non-hydrogen) atoms. The van der Waals surface area contributed by atoms with Crippen molar-refractivity contribution in [3.8, 4) is 0 Å². The van der Waals surface area contributed by atoms with Gasteiger partial charge >= 0.3 is 0 Å². The third-order valence-electron chi connectivity index (χ3n) is 4.35. The second kappa shape index (κ2) is 9.82. The first-order valence-electron chi connectivity index (χ1n) is 8.75. The van der Waals surface area contributed by atoms with Gasteiger partial charge in [0.1, 0.15) is 0 Å². The standard InChI is InChI=1S/C20H24N4O.ClH/c21-20(24-13-4-5-14-24)23-18-10-6-9-17(15-18)19(25)22-12-11-16-7-2-1-3-8-16;/h1-3,6-10,15H,4-5,11-14H2,(H2,21,23)(H,22,25);1H. The van der Waals surface area contributed by atoms with Gasteiger partial charge in [0.15, 0.2) is 5.96 Å². The van der Waals surface area contributed by atoms with Crippen molar-refractivity contribution in [2.24, 2.45) is 0 Å². The predicted molar refractivity (Wildman–Crippen MR) is 108 cm³/mol. The fourth-order valence-electron chi connectivity index (χ4n) is 2.96. The van der Waals surface area contributed by atoms with Gasteiger partial charge in [-0.3, -0.25) is 10.2 Å². The number of halogens is 1. The van der Waals surface area contributed by atoms with Gasteiger partial charge in [0.2, 0.25) is 0 Å². The molecular formula is C20H25ClN4O. The number of amides is 1. The Morgan fingerprint density at radius 2 is 1.77 bits per heavy atom. The number of benzene rings is 2. The number of guanidine groups is 1. The van der Waals surface area contributed by atoms with E-state index in [0.29, 0.717) is 18.1 Å². The molecule has 6 heteroatoms. The Balaban J connectivity index is 0.00000243. The number of nitrogens with one attached hydrogen (secondary N) is 3. The minimum Gasteiger partial charge on any atom is -0.352 e. The highest BCUT2D eigenvalue weighted by Crippen LogP contribution is 2.13. The number of carbonyl (C=O) groups excluding carboxylic acids is 1. The van der Waals surface area contributed by atoms with Crippen LogP contribution in [0.1, 0.15) is 28.8 Å². The Kier molecular flexibility index (Phi) is 7.48. The predicted octanol–water partition coefficient (Wildman–Crippen LogP) is 3.52. The highest BCUT2D eigenvalue weighted by atomic mass is 35.5. The van der Waals surface area contributed by atoms with Crippen molar-refractivity contribution in [2.45, 2.75) is 19.3 Å². The first-order valence-corrected chi connectivity index (χ1v) is 8.75. The van der Waals surface area contributed by atoms with Gasteiger partial charge in [-0.2, -0.15) is 0 Å². The van der Waals surface area contributed by atoms with E-state index < -0.39 is 0 Å². The van der Waals surface area contributed by atoms with Gasteiger partial charge in [0, 0.05) is 30.9 Å². The number of rotatable bonds is 5. The number of likely N-dealkylation sites (tertiary alicyclic amines) is 1. The lowest BCUT2D eigenvalue weighted by Crippen LogP contribution is -2.33. The second-order valence-electron chi connectivity index (χ2n) is 6.24. The van der Waals surface area contributed by atoms with Gasteiger partial charge in [-0.25, -0.2) is 0 Å². The van der Waals surface area contributed by atoms with E-state index in [9.17, 15) is 4.79 Å². The second-order valence-corrected chi connectivity index (χ2v) is 6.24. The van der Waals surface area contributed by atoms with E-state index >= 15 is 0 Å². The maximum Gasteiger partial charge on any atom is 0.251 e. The average Bonchev–Trinajstić information content (AvgIpc) is 3.18. The van der Waals surface area contributed by atoms with Crippen molar-refractivity contribution < 1.29 is 4.79 Å². The first-order chi connectivity index (χ1) is 12.2. The molecule has 1 aliphatic heterocycles. The van der Waals surface area contributed by atoms with Crippen molar-refractivity contribution in [3.63, 3.8) is 0 Å². The summed E-state index contributed by atoms with van der Waals surface area (Å²) in [6, 6.07) is 17.4. The Morgan fingerprint density at radius 3 is 2.50 bits per heavy atom. The van der Waals surface area contributed by atoms with E-state index in [2.05, 4.69) is 22.8 Å². The molecule has 1 heterocycles. The van der Waals surface area contributed by atoms with Crippen LogP contribution < -0.4 is 10.6 Å². The van der Waals surface area contributed by atoms with E-state index in [1.807, 2.05) is 35.2 Å². The number of nitrogens with zero attached hydrogens (tertiary/aromatic N) is 1. The van der Waals surface area contributed by atoms with E-state index in [1.54, 1.807) is 12.1 Å². The fourth-order valence-corrected chi connectivity index (χ4v) is 2.96. The summed E-state index contributed by atoms with van der Waals surface area (Å²) < 4.78 is 0. The van der Waals surface area contributed by atoms with Crippen molar-refractivity contribution in [1.29, 1.82) is 5.41 Å². The normalized spacial score (nSPS) is 13.0. The summed E-state index contributed by atoms with van der Waals surface area (Å²) in [5.74, 6) is 0.312. The summed E-state index contributed by atoms with van der Waals surface area (Å²) in [5.41, 5.74) is 2.58. The first kappa shape index (κ1) is 19.8. The minimum atomic E-state index is -0.0905. The zero-order valence-electron chi connectivity index (χ0n) is 14.7. The lowest BCUT2D eigenvalue weighted by molar-refractivity contribution is 0.0954. The Morgan fingerprint density at radius 1 is 1.04 bits per heavy atom. The minimum absolute atomic E-state index is 0. The quantitative estimate of drug-likeness (QED) is 0.555. The summed E-state index contributed by atoms with van der Waals surface area (Å²) in [6.07, 6.45) is 3.08. The smallest absolute Gasteiger partial charge is 0.251 e. The molecule has 2 aromatic carbocycles. The van der Waals surface area contributed by atoms with Gasteiger partial charge in [0.25, 0.3) is 5.91 Å². The molecule has 1 fully saturated rings. The Labute approximate surface area is 160 Å². The molecule has 3 rings (SSSR count). The molecule has 0 atom stereocenters. The van der Waals surface area contributed by atoms with Gasteiger partial charge < -0.3 is 15.5 Å². The molecule has 2 aromatic rings. The zero-order valence-corrected chi connectivity index (χ0v) is 15.5. The van der Waals surface area contributed by atoms with Crippen LogP contribution in [-0.2, 0) is 6.42 Å². The average molecular weight is 373 g/mol. The van der Waals surface area contributed by atoms with Gasteiger partial charge in [-0.05, 0) is 43.0 Å². The van der Waals surface area contributed by atoms with Gasteiger partial charge in [-0.1, -0.05) is 36.4 Å². The topological polar surface area (TPSA) is 68.2 Å². The maximum atomic E-state index is 12.3. The number of hydrogen-bond donors (Lipinski definition) is 3. The van der Waals surface area contributed by atoms with Crippen molar-refractivity contribution in [1.82, 2.24) is 10.2 Å². The molecule has 0 unspecified atom stereocenters. The SMILES string of the molecule is Cl.N=C(Nc1cccc(C(=O)NCCc2ccccc2)c1)N1CCCC1. The summed E-state index contributed by atoms with van der Waals surface area (Å²) in [4.78, 5) is 14.3. The van der Waals surface area contributed by atoms with E-state index in [1.165, 1.54) is 5.56 Å². The van der Waals surface area contributed by atoms with Crippen molar-refractivity contribution >= 4 is 30.0 Å². The van der Waals surface area contributed by atoms with Crippen LogP contribution in [0.3, 0.4) is 0 Å². The molecule has 0 saturated carbocycles. The van der Waals surface area contributed by atoms with Crippen LogP contribution in [0.25, 0.3) is 0 Å². The fraction of sp³-hybridized carbons (Fsp3) is 0.300. The van der Waals surface area contributed by atoms with Crippen LogP contribution in [0, 0.1) is 5.41 Å². The van der Waals surface area contributed by atoms with Crippen LogP contribution in [0.5, 0.6) is 0 Å². The molecule has 1 saturated heterocycles. The number of hydrogen-bond acceptors (Lipinski definition) is 2. The largest absolute Gasteiger partial charge is 0.352 e. The summed E-state index contributed by atoms with van der Waals surface area (Å²) in [5, 5.41) is 14.2. The van der Waals surface area contributed by atoms with Crippen molar-refractivity contribution in [3.05, 3.63) is 65.7 Å². The van der Waals surface area contributed by atoms with Crippen LogP contribution >= 0.6 is 12.4 Å². The molecule has 0 aromatic heterocycles. The van der Waals surface area contributed by atoms with Crippen LogP contribution in [0.4, 0.5) is 5.69 Å². The van der Waals surface area contributed by atoms with E-state index in [4.69, 9.17) is 5.41 Å². The van der Waals surface area contributed by atoms with Crippen molar-refractivity contribution in [2.75, 3.05) is 25.0 Å². The third kappa shape index (κ3) is 5.49. The lowest BCUT2D eigenvalue weighted by Gasteiger charge is -2.19. The van der Waals surface area contributed by atoms with Gasteiger partial charge in [0.05, 0.1) is 0 Å². The Bertz CT molecular complexity index is 730. The molecule has 1 aliphatic rings. The molecule has 1 amide bonds. The summed E-state index contributed by atoms with van der Waals surface area (Å²) >= 11 is 0. The molecular weight excluding hydrogens is 348 g/mol. The summed E-state index contributed by atoms with van der Waals surface area (Å²) in [6.45, 7) is 2.45. The van der Waals surface area contributed by atoms with Gasteiger partial charge in [-0.15, -0.1) is 12.4 Å². The summed E-state index contributed by atoms with van der Waals surface area (Å²) in [7, 11) is 0. The molecule has 3 N–H and O–H groups in total. The molecule has 0 radical (unpaired) electrons. The molecule has 138 valence electrons. The monoisotopic (exact) mass is 372 g/mol. The lowest BCUT2D eigenvalue weighted by atomic mass is 10.1. The number of carbonyl (C=O) groups is 1. The zero-order chi connectivity index (χ0) is 17.5. The molecule has 0 bridgehead atoms. The molecule has 5 nitrogen and oxygen atoms in total. The maximum absolute atomic E-state index is 12.3. The molecule has 0 spiro atoms. The van der Waals surface area contributed by atoms with E-state index in [-0.39, 0.29) is 18.3 Å². The van der Waals surface area contributed by atoms with Crippen LogP contribution in [-0.4, -0.2) is 36.4 Å². The van der Waals surface area contributed by atoms with Crippen LogP contribution in [0.2, 0.25) is 0 Å². The third-order valence-corrected chi connectivity index (χ3v) is 4.35. The number of anilines is 1. The highest BCUT2D eigenvalue weighted by Gasteiger charge is 2.15. The van der Waals surface area contributed by atoms with E-state index in [0.717, 1.165) is 38.0 Å². The highest BCUT2D eigenvalue weighted by molar-refractivity contribution is 5.97. The van der Waals surface area contributed by atoms with Crippen LogP contribution in [0.15, 0.2) is 54.6 Å². The molecule has 0 aliphatic carbocycles.